The number of likely N-dealkylation sites (tertiary alicyclic amines) is 1. The summed E-state index contributed by atoms with van der Waals surface area (Å²) in [5.74, 6) is 3.34. The van der Waals surface area contributed by atoms with Crippen LogP contribution >= 0.6 is 0 Å². The van der Waals surface area contributed by atoms with Gasteiger partial charge in [-0.15, -0.1) is 0 Å². The average Bonchev–Trinajstić information content (AvgIpc) is 2.89. The minimum Gasteiger partial charge on any atom is -0.493 e. The van der Waals surface area contributed by atoms with Crippen LogP contribution in [0.15, 0.2) is 12.1 Å². The molecule has 1 aliphatic heterocycles. The number of nitrogens with zero attached hydrogens (tertiary/aromatic N) is 1. The Morgan fingerprint density at radius 2 is 2.05 bits per heavy atom. The normalized spacial score (nSPS) is 25.1. The number of fused-ring (bicyclic) bond motifs is 3. The van der Waals surface area contributed by atoms with Crippen molar-refractivity contribution in [2.45, 2.75) is 32.1 Å². The molecule has 3 rings (SSSR count). The van der Waals surface area contributed by atoms with E-state index in [-0.39, 0.29) is 0 Å². The first kappa shape index (κ1) is 13.7. The van der Waals surface area contributed by atoms with E-state index >= 15 is 0 Å². The van der Waals surface area contributed by atoms with Gasteiger partial charge in [-0.2, -0.15) is 0 Å². The summed E-state index contributed by atoms with van der Waals surface area (Å²) in [6.45, 7) is 5.98. The van der Waals surface area contributed by atoms with Gasteiger partial charge in [0.15, 0.2) is 11.5 Å². The minimum atomic E-state index is 0.685. The number of hydrogen-bond donors (Lipinski definition) is 0. The molecule has 0 amide bonds. The van der Waals surface area contributed by atoms with Crippen molar-refractivity contribution >= 4 is 0 Å². The second-order valence-electron chi connectivity index (χ2n) is 6.03. The van der Waals surface area contributed by atoms with Gasteiger partial charge in [-0.25, -0.2) is 0 Å². The molecule has 2 atom stereocenters. The average molecular weight is 275 g/mol. The van der Waals surface area contributed by atoms with Crippen molar-refractivity contribution in [1.82, 2.24) is 4.90 Å². The lowest BCUT2D eigenvalue weighted by atomic mass is 9.76. The van der Waals surface area contributed by atoms with Crippen LogP contribution in [0.25, 0.3) is 0 Å². The predicted octanol–water partition coefficient (Wildman–Crippen LogP) is 3.08. The van der Waals surface area contributed by atoms with Gasteiger partial charge in [-0.3, -0.25) is 0 Å². The first-order chi connectivity index (χ1) is 9.78. The molecule has 0 radical (unpaired) electrons. The maximum Gasteiger partial charge on any atom is 0.164 e. The van der Waals surface area contributed by atoms with E-state index < -0.39 is 0 Å². The van der Waals surface area contributed by atoms with E-state index in [9.17, 15) is 0 Å². The molecule has 20 heavy (non-hydrogen) atoms. The smallest absolute Gasteiger partial charge is 0.164 e. The zero-order valence-corrected chi connectivity index (χ0v) is 12.8. The summed E-state index contributed by atoms with van der Waals surface area (Å²) in [6, 6.07) is 4.34. The monoisotopic (exact) mass is 275 g/mol. The van der Waals surface area contributed by atoms with Crippen LogP contribution in [-0.2, 0) is 6.42 Å². The molecule has 3 heteroatoms. The first-order valence-electron chi connectivity index (χ1n) is 7.74. The highest BCUT2D eigenvalue weighted by Gasteiger charge is 2.38. The van der Waals surface area contributed by atoms with Crippen LogP contribution in [0.3, 0.4) is 0 Å². The summed E-state index contributed by atoms with van der Waals surface area (Å²) in [7, 11) is 3.47. The van der Waals surface area contributed by atoms with E-state index in [1.54, 1.807) is 14.2 Å². The number of hydrogen-bond acceptors (Lipinski definition) is 3. The lowest BCUT2D eigenvalue weighted by molar-refractivity contribution is 0.321. The van der Waals surface area contributed by atoms with Crippen LogP contribution in [0.2, 0.25) is 0 Å². The van der Waals surface area contributed by atoms with Gasteiger partial charge in [-0.1, -0.05) is 13.0 Å². The molecule has 3 nitrogen and oxygen atoms in total. The van der Waals surface area contributed by atoms with Crippen molar-refractivity contribution in [3.05, 3.63) is 23.3 Å². The quantitative estimate of drug-likeness (QED) is 0.843. The third-order valence-corrected chi connectivity index (χ3v) is 4.91. The summed E-state index contributed by atoms with van der Waals surface area (Å²) in [5.41, 5.74) is 2.88. The Kier molecular flexibility index (Phi) is 3.88. The fraction of sp³-hybridized carbons (Fsp3) is 0.647. The number of rotatable bonds is 4. The number of ether oxygens (including phenoxy) is 2. The van der Waals surface area contributed by atoms with Crippen LogP contribution < -0.4 is 9.47 Å². The zero-order valence-electron chi connectivity index (χ0n) is 12.8. The maximum atomic E-state index is 5.62. The topological polar surface area (TPSA) is 21.7 Å². The summed E-state index contributed by atoms with van der Waals surface area (Å²) in [6.07, 6.45) is 3.65. The molecule has 2 unspecified atom stereocenters. The SMILES string of the molecule is CCCN1CC2CCc3c(ccc(OC)c3OC)C2C1. The van der Waals surface area contributed by atoms with Crippen molar-refractivity contribution in [2.75, 3.05) is 33.9 Å². The minimum absolute atomic E-state index is 0.685. The molecule has 110 valence electrons. The van der Waals surface area contributed by atoms with Gasteiger partial charge in [0, 0.05) is 24.6 Å². The molecule has 2 aliphatic rings. The van der Waals surface area contributed by atoms with Crippen molar-refractivity contribution in [3.8, 4) is 11.5 Å². The highest BCUT2D eigenvalue weighted by atomic mass is 16.5. The molecule has 1 heterocycles. The highest BCUT2D eigenvalue weighted by molar-refractivity contribution is 5.53. The second-order valence-corrected chi connectivity index (χ2v) is 6.03. The summed E-state index contributed by atoms with van der Waals surface area (Å²) < 4.78 is 11.1. The van der Waals surface area contributed by atoms with Crippen LogP contribution in [-0.4, -0.2) is 38.8 Å². The Hall–Kier alpha value is -1.22. The van der Waals surface area contributed by atoms with Crippen molar-refractivity contribution in [2.24, 2.45) is 5.92 Å². The summed E-state index contributed by atoms with van der Waals surface area (Å²) in [5, 5.41) is 0. The van der Waals surface area contributed by atoms with Gasteiger partial charge < -0.3 is 14.4 Å². The van der Waals surface area contributed by atoms with E-state index in [4.69, 9.17) is 9.47 Å². The fourth-order valence-electron chi connectivity index (χ4n) is 4.05. The van der Waals surface area contributed by atoms with Gasteiger partial charge in [0.05, 0.1) is 14.2 Å². The molecular weight excluding hydrogens is 250 g/mol. The molecule has 0 aromatic heterocycles. The van der Waals surface area contributed by atoms with Crippen LogP contribution in [0.4, 0.5) is 0 Å². The van der Waals surface area contributed by atoms with Crippen LogP contribution in [0, 0.1) is 5.92 Å². The van der Waals surface area contributed by atoms with Crippen LogP contribution in [0.5, 0.6) is 11.5 Å². The summed E-state index contributed by atoms with van der Waals surface area (Å²) >= 11 is 0. The van der Waals surface area contributed by atoms with Gasteiger partial charge in [0.2, 0.25) is 0 Å². The Balaban J connectivity index is 1.93. The third kappa shape index (κ3) is 2.18. The number of methoxy groups -OCH3 is 2. The molecule has 1 aliphatic carbocycles. The first-order valence-corrected chi connectivity index (χ1v) is 7.74. The molecule has 0 bridgehead atoms. The van der Waals surface area contributed by atoms with Gasteiger partial charge in [-0.05, 0) is 43.4 Å². The Bertz CT molecular complexity index is 486. The standard InChI is InChI=1S/C17H25NO2/c1-4-9-18-10-12-5-6-14-13(15(12)11-18)7-8-16(19-2)17(14)20-3/h7-8,12,15H,4-6,9-11H2,1-3H3. The van der Waals surface area contributed by atoms with Gasteiger partial charge >= 0.3 is 0 Å². The fourth-order valence-corrected chi connectivity index (χ4v) is 4.05. The lowest BCUT2D eigenvalue weighted by Gasteiger charge is -2.29. The largest absolute Gasteiger partial charge is 0.493 e. The summed E-state index contributed by atoms with van der Waals surface area (Å²) in [4.78, 5) is 2.63. The van der Waals surface area contributed by atoms with Crippen molar-refractivity contribution in [1.29, 1.82) is 0 Å². The van der Waals surface area contributed by atoms with Gasteiger partial charge in [0.25, 0.3) is 0 Å². The third-order valence-electron chi connectivity index (χ3n) is 4.91. The molecular formula is C17H25NO2. The van der Waals surface area contributed by atoms with Crippen LogP contribution in [0.1, 0.15) is 36.8 Å². The van der Waals surface area contributed by atoms with Gasteiger partial charge in [0.1, 0.15) is 0 Å². The molecule has 1 fully saturated rings. The molecule has 1 aromatic rings. The molecule has 0 N–H and O–H groups in total. The van der Waals surface area contributed by atoms with Crippen molar-refractivity contribution < 1.29 is 9.47 Å². The van der Waals surface area contributed by atoms with E-state index in [1.807, 2.05) is 0 Å². The Labute approximate surface area is 121 Å². The van der Waals surface area contributed by atoms with E-state index in [0.29, 0.717) is 5.92 Å². The molecule has 1 saturated heterocycles. The molecule has 0 spiro atoms. The molecule has 1 aromatic carbocycles. The predicted molar refractivity (Wildman–Crippen MR) is 80.8 cm³/mol. The lowest BCUT2D eigenvalue weighted by Crippen LogP contribution is -2.21. The Morgan fingerprint density at radius 1 is 1.20 bits per heavy atom. The second kappa shape index (κ2) is 5.65. The Morgan fingerprint density at radius 3 is 2.75 bits per heavy atom. The van der Waals surface area contributed by atoms with E-state index in [2.05, 4.69) is 24.0 Å². The van der Waals surface area contributed by atoms with E-state index in [0.717, 1.165) is 23.8 Å². The maximum absolute atomic E-state index is 5.62. The van der Waals surface area contributed by atoms with E-state index in [1.165, 1.54) is 43.6 Å². The highest BCUT2D eigenvalue weighted by Crippen LogP contribution is 2.46. The number of benzene rings is 1. The zero-order chi connectivity index (χ0) is 14.1. The molecule has 0 saturated carbocycles. The van der Waals surface area contributed by atoms with Crippen molar-refractivity contribution in [3.63, 3.8) is 0 Å².